The molecule has 0 saturated carbocycles. The molecule has 0 aliphatic carbocycles. The van der Waals surface area contributed by atoms with Gasteiger partial charge in [-0.2, -0.15) is 4.39 Å². The zero-order chi connectivity index (χ0) is 39.2. The number of carbonyl (C=O) groups is 2. The van der Waals surface area contributed by atoms with E-state index < -0.39 is 74.1 Å². The summed E-state index contributed by atoms with van der Waals surface area (Å²) in [4.78, 5) is 40.7. The summed E-state index contributed by atoms with van der Waals surface area (Å²) in [5.41, 5.74) is 3.82. The van der Waals surface area contributed by atoms with Gasteiger partial charge in [0.15, 0.2) is 36.9 Å². The number of nitro groups is 1. The van der Waals surface area contributed by atoms with Crippen LogP contribution in [0.4, 0.5) is 15.8 Å². The smallest absolute Gasteiger partial charge is 0.300 e. The Balaban J connectivity index is 0.000000848. The third kappa shape index (κ3) is 12.4. The highest BCUT2D eigenvalue weighted by Gasteiger charge is 2.38. The molecule has 17 heteroatoms. The lowest BCUT2D eigenvalue weighted by molar-refractivity contribution is -0.385. The molecule has 3 N–H and O–H groups in total. The van der Waals surface area contributed by atoms with Gasteiger partial charge >= 0.3 is 0 Å². The first kappa shape index (κ1) is 45.4. The van der Waals surface area contributed by atoms with Crippen molar-refractivity contribution in [2.45, 2.75) is 128 Å². The van der Waals surface area contributed by atoms with Crippen molar-refractivity contribution in [2.24, 2.45) is 11.8 Å². The average molecular weight is 735 g/mol. The molecule has 2 rings (SSSR count). The van der Waals surface area contributed by atoms with E-state index in [4.69, 9.17) is 15.6 Å². The Kier molecular flexibility index (Phi) is 15.7. The van der Waals surface area contributed by atoms with E-state index in [2.05, 4.69) is 9.97 Å². The lowest BCUT2D eigenvalue weighted by Gasteiger charge is -2.23. The lowest BCUT2D eigenvalue weighted by atomic mass is 10.0. The van der Waals surface area contributed by atoms with Crippen LogP contribution in [0.3, 0.4) is 0 Å². The zero-order valence-electron chi connectivity index (χ0n) is 30.7. The number of nitrogens with zero attached hydrogens (tertiary/aromatic N) is 3. The van der Waals surface area contributed by atoms with Crippen LogP contribution in [0.25, 0.3) is 0 Å². The number of rotatable bonds is 9. The molecule has 0 fully saturated rings. The predicted octanol–water partition coefficient (Wildman–Crippen LogP) is 5.79. The fourth-order valence-corrected chi connectivity index (χ4v) is 5.68. The largest absolute Gasteiger partial charge is 0.471 e. The minimum Gasteiger partial charge on any atom is -0.471 e. The van der Waals surface area contributed by atoms with E-state index in [1.165, 1.54) is 40.7 Å². The number of sulfone groups is 2. The van der Waals surface area contributed by atoms with Crippen molar-refractivity contribution in [3.05, 3.63) is 39.6 Å². The number of hydrogen-bond acceptors (Lipinski definition) is 13. The highest BCUT2D eigenvalue weighted by molar-refractivity contribution is 7.92. The summed E-state index contributed by atoms with van der Waals surface area (Å²) in [6, 6.07) is 1.84. The van der Waals surface area contributed by atoms with Crippen LogP contribution in [0, 0.1) is 27.9 Å². The van der Waals surface area contributed by atoms with E-state index in [9.17, 15) is 40.9 Å². The second-order valence-electron chi connectivity index (χ2n) is 14.2. The number of anilines is 1. The van der Waals surface area contributed by atoms with E-state index in [1.54, 1.807) is 62.3 Å². The molecule has 0 aliphatic rings. The summed E-state index contributed by atoms with van der Waals surface area (Å²) < 4.78 is 68.1. The Labute approximate surface area is 289 Å². The van der Waals surface area contributed by atoms with Crippen LogP contribution in [0.15, 0.2) is 21.9 Å². The number of carbonyl (C=O) groups excluding carboxylic acids is 2. The van der Waals surface area contributed by atoms with E-state index in [0.717, 1.165) is 0 Å². The Bertz CT molecular complexity index is 1740. The molecule has 2 aromatic rings. The fraction of sp³-hybridized carbons (Fsp3) is 0.625. The second kappa shape index (κ2) is 16.9. The van der Waals surface area contributed by atoms with Gasteiger partial charge in [-0.05, 0) is 75.3 Å². The Hall–Kier alpha value is -3.57. The van der Waals surface area contributed by atoms with Gasteiger partial charge in [0.05, 0.1) is 20.6 Å². The molecule has 0 atom stereocenters. The van der Waals surface area contributed by atoms with Gasteiger partial charge in [0.2, 0.25) is 11.8 Å². The molecule has 0 saturated heterocycles. The highest BCUT2D eigenvalue weighted by atomic mass is 32.2. The first-order valence-corrected chi connectivity index (χ1v) is 18.4. The van der Waals surface area contributed by atoms with Gasteiger partial charge in [0, 0.05) is 24.0 Å². The van der Waals surface area contributed by atoms with Crippen molar-refractivity contribution in [2.75, 3.05) is 5.73 Å². The van der Waals surface area contributed by atoms with Crippen LogP contribution in [-0.2, 0) is 19.7 Å². The summed E-state index contributed by atoms with van der Waals surface area (Å²) in [6.45, 7) is 22.3. The van der Waals surface area contributed by atoms with Gasteiger partial charge < -0.3 is 15.6 Å². The third-order valence-corrected chi connectivity index (χ3v) is 10.7. The van der Waals surface area contributed by atoms with Crippen molar-refractivity contribution in [1.82, 2.24) is 9.97 Å². The van der Waals surface area contributed by atoms with Crippen LogP contribution < -0.4 is 10.5 Å². The fourth-order valence-electron chi connectivity index (χ4n) is 3.36. The first-order valence-electron chi connectivity index (χ1n) is 15.4. The number of aliphatic hydroxyl groups excluding tert-OH is 1. The lowest BCUT2D eigenvalue weighted by Crippen LogP contribution is -2.29. The Morgan fingerprint density at radius 1 is 0.857 bits per heavy atom. The summed E-state index contributed by atoms with van der Waals surface area (Å²) in [6.07, 6.45) is -0.167. The molecule has 278 valence electrons. The number of pyridine rings is 2. The molecule has 0 radical (unpaired) electrons. The van der Waals surface area contributed by atoms with E-state index in [0.29, 0.717) is 6.07 Å². The molecule has 0 unspecified atom stereocenters. The number of aliphatic hydroxyl groups is 1. The number of nitrogen functional groups attached to an aromatic ring is 1. The maximum Gasteiger partial charge on any atom is 0.300 e. The summed E-state index contributed by atoms with van der Waals surface area (Å²) in [5, 5.41) is 18.5. The molecular weight excluding hydrogens is 684 g/mol. The number of ketones is 2. The van der Waals surface area contributed by atoms with Gasteiger partial charge in [-0.1, -0.05) is 27.7 Å². The molecular formula is C32H51FN4O10S2. The van der Waals surface area contributed by atoms with Crippen molar-refractivity contribution < 1.29 is 45.6 Å². The monoisotopic (exact) mass is 734 g/mol. The molecule has 0 bridgehead atoms. The normalized spacial score (nSPS) is 12.3. The van der Waals surface area contributed by atoms with Crippen LogP contribution in [0.5, 0.6) is 5.88 Å². The quantitative estimate of drug-likeness (QED) is 0.135. The minimum atomic E-state index is -4.18. The Morgan fingerprint density at radius 2 is 1.29 bits per heavy atom. The van der Waals surface area contributed by atoms with Crippen LogP contribution >= 0.6 is 0 Å². The minimum absolute atomic E-state index is 0.0435. The maximum absolute atomic E-state index is 14.1. The van der Waals surface area contributed by atoms with Gasteiger partial charge in [-0.15, -0.1) is 0 Å². The standard InChI is InChI=1S/C16H26N2O4S.C13H17FN2O5S.C3H8O/c1-9(2)14(19)13-11(17)8-12(23(20,21)10(3)4)15(18-13)22-16(5,6)7;1-7(2)11(17)10-8(16(18)19)6-9(12(14)15-10)22(20,21)13(3,4)5;1-3(2)4/h8-10H,17H2,1-7H3;6-7H,1-5H3;3-4H,1-2H3. The molecule has 0 aliphatic heterocycles. The SMILES string of the molecule is CC(C)C(=O)c1nc(F)c(S(=O)(=O)C(C)(C)C)cc1[N+](=O)[O-].CC(C)C(=O)c1nc(OC(C)(C)C)c(S(=O)(=O)C(C)C)cc1N.CC(C)O. The van der Waals surface area contributed by atoms with Gasteiger partial charge in [-0.3, -0.25) is 19.7 Å². The molecule has 2 heterocycles. The van der Waals surface area contributed by atoms with Gasteiger partial charge in [0.1, 0.15) is 21.1 Å². The topological polar surface area (TPSA) is 227 Å². The summed E-state index contributed by atoms with van der Waals surface area (Å²) >= 11 is 0. The van der Waals surface area contributed by atoms with Crippen LogP contribution in [0.1, 0.15) is 118 Å². The van der Waals surface area contributed by atoms with Crippen LogP contribution in [-0.4, -0.2) is 70.1 Å². The summed E-state index contributed by atoms with van der Waals surface area (Å²) in [7, 11) is -7.82. The van der Waals surface area contributed by atoms with Crippen LogP contribution in [0.2, 0.25) is 0 Å². The third-order valence-electron chi connectivity index (χ3n) is 6.05. The first-order chi connectivity index (χ1) is 21.8. The summed E-state index contributed by atoms with van der Waals surface area (Å²) in [5.74, 6) is -3.43. The molecule has 2 aromatic heterocycles. The second-order valence-corrected chi connectivity index (χ2v) is 19.3. The molecule has 49 heavy (non-hydrogen) atoms. The molecule has 0 amide bonds. The number of ether oxygens (including phenoxy) is 1. The predicted molar refractivity (Wildman–Crippen MR) is 185 cm³/mol. The number of nitrogens with two attached hydrogens (primary N) is 1. The molecule has 0 spiro atoms. The zero-order valence-corrected chi connectivity index (χ0v) is 32.3. The van der Waals surface area contributed by atoms with Crippen molar-refractivity contribution >= 4 is 42.6 Å². The highest BCUT2D eigenvalue weighted by Crippen LogP contribution is 2.33. The number of Topliss-reactive ketones (excluding diaryl/α,β-unsaturated/α-hetero) is 2. The maximum atomic E-state index is 14.1. The van der Waals surface area contributed by atoms with E-state index in [-0.39, 0.29) is 40.0 Å². The number of halogens is 1. The molecule has 0 aromatic carbocycles. The van der Waals surface area contributed by atoms with Crippen molar-refractivity contribution in [1.29, 1.82) is 0 Å². The van der Waals surface area contributed by atoms with Gasteiger partial charge in [0.25, 0.3) is 5.69 Å². The van der Waals surface area contributed by atoms with E-state index >= 15 is 0 Å². The molecule has 14 nitrogen and oxygen atoms in total. The number of hydrogen-bond donors (Lipinski definition) is 2. The van der Waals surface area contributed by atoms with Crippen molar-refractivity contribution in [3.63, 3.8) is 0 Å². The number of aromatic nitrogens is 2. The van der Waals surface area contributed by atoms with E-state index in [1.807, 2.05) is 0 Å². The van der Waals surface area contributed by atoms with Crippen molar-refractivity contribution in [3.8, 4) is 5.88 Å². The average Bonchev–Trinajstić information content (AvgIpc) is 2.90. The van der Waals surface area contributed by atoms with Gasteiger partial charge in [-0.25, -0.2) is 26.8 Å². The Morgan fingerprint density at radius 3 is 1.63 bits per heavy atom.